The van der Waals surface area contributed by atoms with Gasteiger partial charge in [0.1, 0.15) is 23.6 Å². The summed E-state index contributed by atoms with van der Waals surface area (Å²) in [5, 5.41) is 10.0. The topological polar surface area (TPSA) is 101 Å². The van der Waals surface area contributed by atoms with E-state index in [2.05, 4.69) is 42.7 Å². The Hall–Kier alpha value is -4.19. The van der Waals surface area contributed by atoms with E-state index in [1.807, 2.05) is 24.3 Å². The van der Waals surface area contributed by atoms with Crippen LogP contribution >= 0.6 is 11.6 Å². The molecule has 34 heavy (non-hydrogen) atoms. The third-order valence-electron chi connectivity index (χ3n) is 4.64. The number of anilines is 2. The number of likely N-dealkylation sites (N-methyl/N-ethyl adjacent to an activating group) is 1. The summed E-state index contributed by atoms with van der Waals surface area (Å²) in [6.45, 7) is 0.519. The summed E-state index contributed by atoms with van der Waals surface area (Å²) in [4.78, 5) is 24.2. The average Bonchev–Trinajstić information content (AvgIpc) is 2.85. The largest absolute Gasteiger partial charge is 0.454 e. The molecule has 0 aliphatic carbocycles. The maximum absolute atomic E-state index is 11.5. The summed E-state index contributed by atoms with van der Waals surface area (Å²) in [5.41, 5.74) is 2.30. The van der Waals surface area contributed by atoms with Crippen molar-refractivity contribution in [1.29, 1.82) is 0 Å². The highest BCUT2D eigenvalue weighted by atomic mass is 35.5. The van der Waals surface area contributed by atoms with E-state index < -0.39 is 0 Å². The summed E-state index contributed by atoms with van der Waals surface area (Å²) in [6.07, 6.45) is 4.79. The second kappa shape index (κ2) is 11.1. The van der Waals surface area contributed by atoms with Gasteiger partial charge in [0.05, 0.1) is 29.8 Å². The number of rotatable bonds is 7. The zero-order valence-corrected chi connectivity index (χ0v) is 19.1. The highest BCUT2D eigenvalue weighted by Crippen LogP contribution is 2.33. The summed E-state index contributed by atoms with van der Waals surface area (Å²) in [5.74, 6) is 7.64. The first kappa shape index (κ1) is 23.0. The zero-order valence-electron chi connectivity index (χ0n) is 18.3. The van der Waals surface area contributed by atoms with E-state index >= 15 is 0 Å². The molecule has 170 valence electrons. The number of nitrogens with zero attached hydrogens (tertiary/aromatic N) is 3. The Morgan fingerprint density at radius 1 is 1.15 bits per heavy atom. The summed E-state index contributed by atoms with van der Waals surface area (Å²) in [7, 11) is 1.71. The van der Waals surface area contributed by atoms with Crippen LogP contribution in [-0.2, 0) is 4.79 Å². The third-order valence-corrected chi connectivity index (χ3v) is 4.93. The quantitative estimate of drug-likeness (QED) is 0.351. The minimum Gasteiger partial charge on any atom is -0.454 e. The fraction of sp³-hybridized carbons (Fsp3) is 0.120. The molecular formula is C25H21ClN6O2. The molecule has 0 radical (unpaired) electrons. The SMILES string of the molecule is CNCC(=O)NCC#Cc1ccc2ncnc(Nc3ccc(Oc4cccnc4)c(Cl)c3)c2c1. The molecule has 0 atom stereocenters. The van der Waals surface area contributed by atoms with Gasteiger partial charge in [-0.05, 0) is 55.6 Å². The van der Waals surface area contributed by atoms with E-state index in [1.165, 1.54) is 6.33 Å². The Balaban J connectivity index is 1.51. The Morgan fingerprint density at radius 2 is 2.06 bits per heavy atom. The van der Waals surface area contributed by atoms with Gasteiger partial charge in [-0.25, -0.2) is 9.97 Å². The zero-order chi connectivity index (χ0) is 23.8. The Labute approximate surface area is 201 Å². The number of hydrogen-bond acceptors (Lipinski definition) is 7. The molecule has 0 spiro atoms. The number of aromatic nitrogens is 3. The lowest BCUT2D eigenvalue weighted by Gasteiger charge is -2.11. The van der Waals surface area contributed by atoms with Crippen molar-refractivity contribution in [3.8, 4) is 23.3 Å². The molecule has 4 rings (SSSR count). The molecule has 0 aliphatic rings. The number of pyridine rings is 1. The van der Waals surface area contributed by atoms with Crippen LogP contribution in [0.4, 0.5) is 11.5 Å². The monoisotopic (exact) mass is 472 g/mol. The molecule has 4 aromatic rings. The summed E-state index contributed by atoms with van der Waals surface area (Å²) in [6, 6.07) is 14.6. The molecule has 2 aromatic heterocycles. The molecule has 1 amide bonds. The van der Waals surface area contributed by atoms with Gasteiger partial charge < -0.3 is 20.7 Å². The van der Waals surface area contributed by atoms with Crippen molar-refractivity contribution in [2.24, 2.45) is 0 Å². The fourth-order valence-corrected chi connectivity index (χ4v) is 3.30. The number of ether oxygens (including phenoxy) is 1. The highest BCUT2D eigenvalue weighted by Gasteiger charge is 2.08. The van der Waals surface area contributed by atoms with Crippen LogP contribution in [0.3, 0.4) is 0 Å². The second-order valence-corrected chi connectivity index (χ2v) is 7.53. The van der Waals surface area contributed by atoms with Crippen LogP contribution in [0.25, 0.3) is 10.9 Å². The molecule has 3 N–H and O–H groups in total. The third kappa shape index (κ3) is 5.98. The predicted molar refractivity (Wildman–Crippen MR) is 132 cm³/mol. The number of carbonyl (C=O) groups is 1. The van der Waals surface area contributed by atoms with Crippen LogP contribution in [-0.4, -0.2) is 41.0 Å². The predicted octanol–water partition coefficient (Wildman–Crippen LogP) is 3.90. The molecule has 0 saturated carbocycles. The number of halogens is 1. The van der Waals surface area contributed by atoms with Crippen molar-refractivity contribution < 1.29 is 9.53 Å². The Bertz CT molecular complexity index is 1370. The molecule has 0 saturated heterocycles. The van der Waals surface area contributed by atoms with Crippen LogP contribution in [0, 0.1) is 11.8 Å². The van der Waals surface area contributed by atoms with Crippen LogP contribution in [0.5, 0.6) is 11.5 Å². The van der Waals surface area contributed by atoms with E-state index in [4.69, 9.17) is 16.3 Å². The minimum absolute atomic E-state index is 0.106. The lowest BCUT2D eigenvalue weighted by Crippen LogP contribution is -2.32. The summed E-state index contributed by atoms with van der Waals surface area (Å²) >= 11 is 6.43. The van der Waals surface area contributed by atoms with E-state index in [9.17, 15) is 4.79 Å². The van der Waals surface area contributed by atoms with Gasteiger partial charge in [-0.15, -0.1) is 0 Å². The van der Waals surface area contributed by atoms with Crippen LogP contribution in [0.2, 0.25) is 5.02 Å². The number of hydrogen-bond donors (Lipinski definition) is 3. The van der Waals surface area contributed by atoms with Gasteiger partial charge in [0.25, 0.3) is 0 Å². The van der Waals surface area contributed by atoms with E-state index in [0.717, 1.165) is 22.2 Å². The number of amides is 1. The average molecular weight is 473 g/mol. The van der Waals surface area contributed by atoms with Crippen molar-refractivity contribution in [3.05, 3.63) is 77.8 Å². The van der Waals surface area contributed by atoms with Gasteiger partial charge in [-0.2, -0.15) is 0 Å². The first-order valence-electron chi connectivity index (χ1n) is 10.4. The Morgan fingerprint density at radius 3 is 2.85 bits per heavy atom. The highest BCUT2D eigenvalue weighted by molar-refractivity contribution is 6.32. The molecule has 0 unspecified atom stereocenters. The van der Waals surface area contributed by atoms with Gasteiger partial charge in [0.2, 0.25) is 5.91 Å². The fourth-order valence-electron chi connectivity index (χ4n) is 3.08. The van der Waals surface area contributed by atoms with Gasteiger partial charge in [0, 0.05) is 22.8 Å². The first-order valence-corrected chi connectivity index (χ1v) is 10.8. The minimum atomic E-state index is -0.106. The number of benzene rings is 2. The van der Waals surface area contributed by atoms with Crippen LogP contribution in [0.15, 0.2) is 67.3 Å². The van der Waals surface area contributed by atoms with Crippen LogP contribution < -0.4 is 20.7 Å². The standard InChI is InChI=1S/C25H21ClN6O2/c1-27-15-24(33)29-11-2-4-17-6-8-22-20(12-17)25(31-16-30-22)32-18-7-9-23(21(26)13-18)34-19-5-3-10-28-14-19/h3,5-10,12-14,16,27H,11,15H2,1H3,(H,29,33)(H,30,31,32). The maximum Gasteiger partial charge on any atom is 0.234 e. The van der Waals surface area contributed by atoms with Gasteiger partial charge in [-0.3, -0.25) is 9.78 Å². The van der Waals surface area contributed by atoms with E-state index in [-0.39, 0.29) is 19.0 Å². The van der Waals surface area contributed by atoms with Gasteiger partial charge >= 0.3 is 0 Å². The summed E-state index contributed by atoms with van der Waals surface area (Å²) < 4.78 is 5.78. The van der Waals surface area contributed by atoms with Crippen molar-refractivity contribution in [3.63, 3.8) is 0 Å². The lowest BCUT2D eigenvalue weighted by molar-refractivity contribution is -0.119. The molecule has 8 nitrogen and oxygen atoms in total. The van der Waals surface area contributed by atoms with Crippen molar-refractivity contribution >= 4 is 39.9 Å². The van der Waals surface area contributed by atoms with Crippen LogP contribution in [0.1, 0.15) is 5.56 Å². The number of nitrogens with one attached hydrogen (secondary N) is 3. The Kier molecular flexibility index (Phi) is 7.50. The number of carbonyl (C=O) groups excluding carboxylic acids is 1. The molecule has 2 heterocycles. The maximum atomic E-state index is 11.5. The smallest absolute Gasteiger partial charge is 0.234 e. The molecule has 2 aromatic carbocycles. The molecule has 9 heteroatoms. The molecule has 0 aliphatic heterocycles. The molecule has 0 bridgehead atoms. The van der Waals surface area contributed by atoms with E-state index in [1.54, 1.807) is 43.7 Å². The number of fused-ring (bicyclic) bond motifs is 1. The lowest BCUT2D eigenvalue weighted by atomic mass is 10.1. The van der Waals surface area contributed by atoms with Gasteiger partial charge in [-0.1, -0.05) is 23.4 Å². The molecular weight excluding hydrogens is 452 g/mol. The van der Waals surface area contributed by atoms with Crippen molar-refractivity contribution in [2.75, 3.05) is 25.5 Å². The van der Waals surface area contributed by atoms with E-state index in [0.29, 0.717) is 22.3 Å². The second-order valence-electron chi connectivity index (χ2n) is 7.12. The van der Waals surface area contributed by atoms with Crippen molar-refractivity contribution in [1.82, 2.24) is 25.6 Å². The molecule has 0 fully saturated rings. The first-order chi connectivity index (χ1) is 16.6. The normalized spacial score (nSPS) is 10.3. The van der Waals surface area contributed by atoms with Crippen molar-refractivity contribution in [2.45, 2.75) is 0 Å². The van der Waals surface area contributed by atoms with Gasteiger partial charge in [0.15, 0.2) is 0 Å².